The Labute approximate surface area is 95.6 Å². The summed E-state index contributed by atoms with van der Waals surface area (Å²) in [5.74, 6) is 0. The van der Waals surface area contributed by atoms with E-state index in [1.807, 2.05) is 24.1 Å². The van der Waals surface area contributed by atoms with Crippen LogP contribution in [0.1, 0.15) is 5.56 Å². The van der Waals surface area contributed by atoms with Gasteiger partial charge in [-0.25, -0.2) is 0 Å². The van der Waals surface area contributed by atoms with Crippen molar-refractivity contribution in [3.63, 3.8) is 0 Å². The summed E-state index contributed by atoms with van der Waals surface area (Å²) in [4.78, 5) is 2.33. The molecule has 0 amide bonds. The molecule has 2 heterocycles. The maximum absolute atomic E-state index is 9.03. The highest BCUT2D eigenvalue weighted by Crippen LogP contribution is 2.06. The standard InChI is InChI=1S/C11H19N3O2/c1-13-7-10(6-12-13)2-3-14-4-5-16-11(8-14)9-15/h6-7,11,15H,2-5,8-9H2,1H3. The normalized spacial score (nSPS) is 22.5. The van der Waals surface area contributed by atoms with Gasteiger partial charge in [0.05, 0.1) is 25.5 Å². The second kappa shape index (κ2) is 5.43. The molecular weight excluding hydrogens is 206 g/mol. The minimum Gasteiger partial charge on any atom is -0.394 e. The van der Waals surface area contributed by atoms with E-state index in [2.05, 4.69) is 10.00 Å². The van der Waals surface area contributed by atoms with Crippen molar-refractivity contribution in [3.8, 4) is 0 Å². The van der Waals surface area contributed by atoms with Gasteiger partial charge in [0.2, 0.25) is 0 Å². The van der Waals surface area contributed by atoms with Crippen LogP contribution in [0.3, 0.4) is 0 Å². The molecule has 1 fully saturated rings. The number of hydrogen-bond acceptors (Lipinski definition) is 4. The highest BCUT2D eigenvalue weighted by Gasteiger charge is 2.19. The van der Waals surface area contributed by atoms with Crippen LogP contribution in [0.4, 0.5) is 0 Å². The van der Waals surface area contributed by atoms with Crippen molar-refractivity contribution in [3.05, 3.63) is 18.0 Å². The maximum Gasteiger partial charge on any atom is 0.0932 e. The predicted molar refractivity (Wildman–Crippen MR) is 60.2 cm³/mol. The van der Waals surface area contributed by atoms with E-state index in [1.54, 1.807) is 0 Å². The molecule has 5 heteroatoms. The molecule has 1 aliphatic heterocycles. The number of hydrogen-bond donors (Lipinski definition) is 1. The summed E-state index contributed by atoms with van der Waals surface area (Å²) in [5.41, 5.74) is 1.26. The van der Waals surface area contributed by atoms with E-state index in [4.69, 9.17) is 9.84 Å². The molecule has 1 aromatic rings. The number of nitrogens with zero attached hydrogens (tertiary/aromatic N) is 3. The summed E-state index contributed by atoms with van der Waals surface area (Å²) in [6.07, 6.45) is 4.95. The molecule has 5 nitrogen and oxygen atoms in total. The van der Waals surface area contributed by atoms with Crippen LogP contribution in [0.15, 0.2) is 12.4 Å². The van der Waals surface area contributed by atoms with Gasteiger partial charge in [-0.2, -0.15) is 5.10 Å². The van der Waals surface area contributed by atoms with Gasteiger partial charge < -0.3 is 9.84 Å². The molecule has 0 saturated carbocycles. The zero-order valence-electron chi connectivity index (χ0n) is 9.67. The highest BCUT2D eigenvalue weighted by molar-refractivity contribution is 5.04. The Hall–Kier alpha value is -0.910. The van der Waals surface area contributed by atoms with Crippen LogP contribution in [-0.2, 0) is 18.2 Å². The number of aliphatic hydroxyl groups excluding tert-OH is 1. The molecule has 0 bridgehead atoms. The first-order valence-electron chi connectivity index (χ1n) is 5.70. The third-order valence-electron chi connectivity index (χ3n) is 2.90. The van der Waals surface area contributed by atoms with E-state index in [-0.39, 0.29) is 12.7 Å². The van der Waals surface area contributed by atoms with Crippen LogP contribution in [0, 0.1) is 0 Å². The molecule has 1 atom stereocenters. The van der Waals surface area contributed by atoms with Crippen molar-refractivity contribution < 1.29 is 9.84 Å². The van der Waals surface area contributed by atoms with Crippen LogP contribution in [0.25, 0.3) is 0 Å². The van der Waals surface area contributed by atoms with E-state index < -0.39 is 0 Å². The first kappa shape index (κ1) is 11.6. The molecule has 1 aliphatic rings. The van der Waals surface area contributed by atoms with Crippen LogP contribution in [0.5, 0.6) is 0 Å². The molecule has 1 N–H and O–H groups in total. The third-order valence-corrected chi connectivity index (χ3v) is 2.90. The molecule has 0 aliphatic carbocycles. The summed E-state index contributed by atoms with van der Waals surface area (Å²) in [5, 5.41) is 13.2. The SMILES string of the molecule is Cn1cc(CCN2CCOC(CO)C2)cn1. The van der Waals surface area contributed by atoms with Crippen molar-refractivity contribution in [1.29, 1.82) is 0 Å². The van der Waals surface area contributed by atoms with Crippen LogP contribution >= 0.6 is 0 Å². The van der Waals surface area contributed by atoms with Crippen LogP contribution in [0.2, 0.25) is 0 Å². The zero-order chi connectivity index (χ0) is 11.4. The molecule has 1 saturated heterocycles. The lowest BCUT2D eigenvalue weighted by molar-refractivity contribution is -0.0523. The second-order valence-electron chi connectivity index (χ2n) is 4.25. The molecule has 1 unspecified atom stereocenters. The quantitative estimate of drug-likeness (QED) is 0.761. The molecule has 16 heavy (non-hydrogen) atoms. The highest BCUT2D eigenvalue weighted by atomic mass is 16.5. The fraction of sp³-hybridized carbons (Fsp3) is 0.727. The van der Waals surface area contributed by atoms with E-state index in [9.17, 15) is 0 Å². The van der Waals surface area contributed by atoms with Gasteiger partial charge in [0.15, 0.2) is 0 Å². The van der Waals surface area contributed by atoms with Gasteiger partial charge in [-0.15, -0.1) is 0 Å². The van der Waals surface area contributed by atoms with E-state index in [0.29, 0.717) is 0 Å². The Bertz CT molecular complexity index is 327. The Morgan fingerprint density at radius 2 is 2.50 bits per heavy atom. The Morgan fingerprint density at radius 3 is 3.19 bits per heavy atom. The number of morpholine rings is 1. The Morgan fingerprint density at radius 1 is 1.62 bits per heavy atom. The summed E-state index contributed by atoms with van der Waals surface area (Å²) < 4.78 is 7.23. The van der Waals surface area contributed by atoms with Gasteiger partial charge in [-0.1, -0.05) is 0 Å². The van der Waals surface area contributed by atoms with Crippen molar-refractivity contribution in [1.82, 2.24) is 14.7 Å². The lowest BCUT2D eigenvalue weighted by Crippen LogP contribution is -2.44. The van der Waals surface area contributed by atoms with E-state index >= 15 is 0 Å². The summed E-state index contributed by atoms with van der Waals surface area (Å²) in [6, 6.07) is 0. The topological polar surface area (TPSA) is 50.5 Å². The third kappa shape index (κ3) is 3.04. The van der Waals surface area contributed by atoms with Crippen molar-refractivity contribution in [2.75, 3.05) is 32.8 Å². The lowest BCUT2D eigenvalue weighted by Gasteiger charge is -2.31. The lowest BCUT2D eigenvalue weighted by atomic mass is 10.2. The Kier molecular flexibility index (Phi) is 3.93. The van der Waals surface area contributed by atoms with Crippen LogP contribution in [-0.4, -0.2) is 58.7 Å². The van der Waals surface area contributed by atoms with Gasteiger partial charge in [0.1, 0.15) is 0 Å². The van der Waals surface area contributed by atoms with Gasteiger partial charge in [0.25, 0.3) is 0 Å². The molecule has 2 rings (SSSR count). The van der Waals surface area contributed by atoms with Gasteiger partial charge in [0, 0.05) is 32.9 Å². The number of ether oxygens (including phenoxy) is 1. The van der Waals surface area contributed by atoms with Crippen molar-refractivity contribution in [2.45, 2.75) is 12.5 Å². The van der Waals surface area contributed by atoms with Gasteiger partial charge >= 0.3 is 0 Å². The molecular formula is C11H19N3O2. The summed E-state index contributed by atoms with van der Waals surface area (Å²) >= 11 is 0. The summed E-state index contributed by atoms with van der Waals surface area (Å²) in [6.45, 7) is 3.63. The minimum absolute atomic E-state index is 0.0114. The van der Waals surface area contributed by atoms with E-state index in [0.717, 1.165) is 32.7 Å². The predicted octanol–water partition coefficient (Wildman–Crippen LogP) is -0.344. The first-order valence-corrected chi connectivity index (χ1v) is 5.70. The largest absolute Gasteiger partial charge is 0.394 e. The first-order chi connectivity index (χ1) is 7.78. The average molecular weight is 225 g/mol. The molecule has 0 aromatic carbocycles. The fourth-order valence-corrected chi connectivity index (χ4v) is 1.98. The molecule has 0 radical (unpaired) electrons. The van der Waals surface area contributed by atoms with Gasteiger partial charge in [-0.05, 0) is 12.0 Å². The fourth-order valence-electron chi connectivity index (χ4n) is 1.98. The number of rotatable bonds is 4. The second-order valence-corrected chi connectivity index (χ2v) is 4.25. The van der Waals surface area contributed by atoms with Gasteiger partial charge in [-0.3, -0.25) is 9.58 Å². The maximum atomic E-state index is 9.03. The average Bonchev–Trinajstić information content (AvgIpc) is 2.73. The van der Waals surface area contributed by atoms with E-state index in [1.165, 1.54) is 5.56 Å². The molecule has 1 aromatic heterocycles. The molecule has 90 valence electrons. The van der Waals surface area contributed by atoms with Crippen molar-refractivity contribution in [2.24, 2.45) is 7.05 Å². The van der Waals surface area contributed by atoms with Crippen LogP contribution < -0.4 is 0 Å². The Balaban J connectivity index is 1.77. The number of aryl methyl sites for hydroxylation is 1. The summed E-state index contributed by atoms with van der Waals surface area (Å²) in [7, 11) is 1.93. The van der Waals surface area contributed by atoms with Crippen molar-refractivity contribution >= 4 is 0 Å². The number of aromatic nitrogens is 2. The number of aliphatic hydroxyl groups is 1. The minimum atomic E-state index is -0.0114. The monoisotopic (exact) mass is 225 g/mol. The smallest absolute Gasteiger partial charge is 0.0932 e. The zero-order valence-corrected chi connectivity index (χ0v) is 9.67. The molecule has 0 spiro atoms.